The number of halogens is 1. The van der Waals surface area contributed by atoms with Crippen LogP contribution in [0.15, 0.2) is 55.0 Å². The summed E-state index contributed by atoms with van der Waals surface area (Å²) in [5.41, 5.74) is 17.4. The third kappa shape index (κ3) is 3.18. The Balaban J connectivity index is 1.39. The normalized spacial score (nSPS) is 22.1. The van der Waals surface area contributed by atoms with E-state index in [1.165, 1.54) is 12.1 Å². The average molecular weight is 497 g/mol. The molecule has 0 unspecified atom stereocenters. The van der Waals surface area contributed by atoms with E-state index in [9.17, 15) is 9.18 Å². The number of carbonyl (C=O) groups is 1. The molecule has 1 amide bonds. The van der Waals surface area contributed by atoms with Crippen molar-refractivity contribution in [3.63, 3.8) is 0 Å². The van der Waals surface area contributed by atoms with Crippen LogP contribution in [0.2, 0.25) is 0 Å². The Morgan fingerprint density at radius 2 is 1.78 bits per heavy atom. The van der Waals surface area contributed by atoms with Gasteiger partial charge in [-0.1, -0.05) is 0 Å². The van der Waals surface area contributed by atoms with Crippen LogP contribution in [0, 0.1) is 18.2 Å². The molecule has 0 atom stereocenters. The molecule has 4 heterocycles. The van der Waals surface area contributed by atoms with Gasteiger partial charge in [-0.05, 0) is 74.5 Å². The largest absolute Gasteiger partial charge is 0.381 e. The third-order valence-corrected chi connectivity index (χ3v) is 7.90. The quantitative estimate of drug-likeness (QED) is 0.342. The number of hydrogen-bond acceptors (Lipinski definition) is 6. The Morgan fingerprint density at radius 3 is 2.51 bits per heavy atom. The lowest BCUT2D eigenvalue weighted by Crippen LogP contribution is -2.76. The molecule has 0 spiro atoms. The molecule has 0 radical (unpaired) electrons. The minimum atomic E-state index is -0.346. The second-order valence-corrected chi connectivity index (χ2v) is 10.5. The Morgan fingerprint density at radius 1 is 1.05 bits per heavy atom. The third-order valence-electron chi connectivity index (χ3n) is 7.90. The number of imidazole rings is 2. The van der Waals surface area contributed by atoms with Crippen molar-refractivity contribution in [3.8, 4) is 22.5 Å². The lowest BCUT2D eigenvalue weighted by molar-refractivity contribution is -0.139. The van der Waals surface area contributed by atoms with Gasteiger partial charge in [0, 0.05) is 41.0 Å². The van der Waals surface area contributed by atoms with E-state index < -0.39 is 0 Å². The van der Waals surface area contributed by atoms with Gasteiger partial charge in [-0.15, -0.1) is 0 Å². The molecule has 186 valence electrons. The first-order valence-electron chi connectivity index (χ1n) is 12.2. The van der Waals surface area contributed by atoms with Crippen LogP contribution in [0.4, 0.5) is 10.2 Å². The van der Waals surface area contributed by atoms with Crippen molar-refractivity contribution in [1.29, 1.82) is 0 Å². The van der Waals surface area contributed by atoms with Gasteiger partial charge >= 0.3 is 0 Å². The molecule has 2 bridgehead atoms. The van der Waals surface area contributed by atoms with Gasteiger partial charge in [0.25, 0.3) is 5.91 Å². The summed E-state index contributed by atoms with van der Waals surface area (Å²) in [6, 6.07) is 9.95. The van der Waals surface area contributed by atoms with E-state index in [0.717, 1.165) is 36.2 Å². The van der Waals surface area contributed by atoms with Gasteiger partial charge in [0.1, 0.15) is 17.2 Å². The first-order chi connectivity index (χ1) is 17.8. The number of aryl methyl sites for hydroxylation is 1. The molecule has 9 nitrogen and oxygen atoms in total. The van der Waals surface area contributed by atoms with Crippen LogP contribution in [0.1, 0.15) is 35.4 Å². The zero-order valence-electron chi connectivity index (χ0n) is 20.2. The molecule has 0 aliphatic heterocycles. The van der Waals surface area contributed by atoms with Crippen molar-refractivity contribution >= 4 is 23.0 Å². The summed E-state index contributed by atoms with van der Waals surface area (Å²) in [6.45, 7) is 2.62. The maximum Gasteiger partial charge on any atom is 0.271 e. The monoisotopic (exact) mass is 496 g/mol. The molecule has 3 aliphatic rings. The Hall–Kier alpha value is -4.31. The number of nitrogens with two attached hydrogens (primary N) is 2. The standard InChI is InChI=1S/C27H25FN8O/c1-15-8-31-20-7-4-17(9-35(15)20)22-21(16-2-5-18(28)6-3-16)33-23(30)24-32-19(10-36(22)24)25(37)34-27-11-26(12-27,13-27)14-29/h2-10H,11-14,29H2,1H3,(H2,30,33)(H,34,37). The number of amides is 1. The lowest BCUT2D eigenvalue weighted by atomic mass is 9.39. The highest BCUT2D eigenvalue weighted by atomic mass is 19.1. The van der Waals surface area contributed by atoms with E-state index in [4.69, 9.17) is 11.5 Å². The number of pyridine rings is 1. The van der Waals surface area contributed by atoms with E-state index in [2.05, 4.69) is 20.3 Å². The SMILES string of the molecule is Cc1cnc2ccc(-c3c(-c4ccc(F)cc4)nc(N)c4nc(C(=O)NC56CC(CN)(C5)C6)cn34)cn12. The molecular weight excluding hydrogens is 471 g/mol. The van der Waals surface area contributed by atoms with Gasteiger partial charge in [-0.2, -0.15) is 0 Å². The fourth-order valence-electron chi connectivity index (χ4n) is 6.16. The van der Waals surface area contributed by atoms with E-state index in [-0.39, 0.29) is 34.2 Å². The van der Waals surface area contributed by atoms with E-state index in [0.29, 0.717) is 29.1 Å². The van der Waals surface area contributed by atoms with Crippen molar-refractivity contribution in [2.24, 2.45) is 11.1 Å². The first-order valence-corrected chi connectivity index (χ1v) is 12.2. The number of rotatable bonds is 5. The maximum absolute atomic E-state index is 13.7. The molecule has 3 saturated carbocycles. The Kier molecular flexibility index (Phi) is 4.36. The Labute approximate surface area is 211 Å². The molecular formula is C27H25FN8O. The summed E-state index contributed by atoms with van der Waals surface area (Å²) in [7, 11) is 0. The number of nitrogens with one attached hydrogen (secondary N) is 1. The van der Waals surface area contributed by atoms with Crippen LogP contribution in [0.3, 0.4) is 0 Å². The molecule has 3 aliphatic carbocycles. The minimum absolute atomic E-state index is 0.176. The highest BCUT2D eigenvalue weighted by Crippen LogP contribution is 2.66. The second kappa shape index (κ2) is 7.36. The second-order valence-electron chi connectivity index (χ2n) is 10.5. The van der Waals surface area contributed by atoms with Crippen LogP contribution in [-0.2, 0) is 0 Å². The van der Waals surface area contributed by atoms with E-state index in [1.54, 1.807) is 28.9 Å². The summed E-state index contributed by atoms with van der Waals surface area (Å²) in [5, 5.41) is 3.17. The number of fused-ring (bicyclic) bond motifs is 2. The molecule has 4 aromatic heterocycles. The maximum atomic E-state index is 13.7. The zero-order chi connectivity index (χ0) is 25.5. The summed E-state index contributed by atoms with van der Waals surface area (Å²) >= 11 is 0. The van der Waals surface area contributed by atoms with Crippen LogP contribution in [0.5, 0.6) is 0 Å². The van der Waals surface area contributed by atoms with Crippen LogP contribution in [-0.4, -0.2) is 41.7 Å². The van der Waals surface area contributed by atoms with Crippen LogP contribution < -0.4 is 16.8 Å². The summed E-state index contributed by atoms with van der Waals surface area (Å²) in [6.07, 6.45) is 8.18. The van der Waals surface area contributed by atoms with Crippen molar-refractivity contribution < 1.29 is 9.18 Å². The van der Waals surface area contributed by atoms with Gasteiger partial charge in [-0.3, -0.25) is 9.20 Å². The molecule has 3 fully saturated rings. The number of anilines is 1. The molecule has 0 saturated heterocycles. The predicted molar refractivity (Wildman–Crippen MR) is 137 cm³/mol. The fraction of sp³-hybridized carbons (Fsp3) is 0.259. The van der Waals surface area contributed by atoms with Crippen LogP contribution >= 0.6 is 0 Å². The molecule has 10 heteroatoms. The van der Waals surface area contributed by atoms with Gasteiger partial charge in [-0.25, -0.2) is 19.3 Å². The number of hydrogen-bond donors (Lipinski definition) is 3. The number of nitrogen functional groups attached to an aromatic ring is 1. The lowest BCUT2D eigenvalue weighted by Gasteiger charge is -2.70. The highest BCUT2D eigenvalue weighted by Gasteiger charge is 2.67. The number of benzene rings is 1. The topological polar surface area (TPSA) is 129 Å². The van der Waals surface area contributed by atoms with Gasteiger partial charge in [0.05, 0.1) is 11.4 Å². The summed E-state index contributed by atoms with van der Waals surface area (Å²) < 4.78 is 17.5. The van der Waals surface area contributed by atoms with Gasteiger partial charge < -0.3 is 21.2 Å². The van der Waals surface area contributed by atoms with E-state index >= 15 is 0 Å². The van der Waals surface area contributed by atoms with Gasteiger partial charge in [0.2, 0.25) is 0 Å². The predicted octanol–water partition coefficient (Wildman–Crippen LogP) is 3.35. The number of carbonyl (C=O) groups excluding carboxylic acids is 1. The molecule has 5 N–H and O–H groups in total. The molecule has 8 rings (SSSR count). The average Bonchev–Trinajstić information content (AvgIpc) is 3.45. The van der Waals surface area contributed by atoms with Gasteiger partial charge in [0.15, 0.2) is 11.5 Å². The summed E-state index contributed by atoms with van der Waals surface area (Å²) in [5.74, 6) is -0.417. The Bertz CT molecular complexity index is 1720. The number of nitrogens with zero attached hydrogens (tertiary/aromatic N) is 5. The minimum Gasteiger partial charge on any atom is -0.381 e. The van der Waals surface area contributed by atoms with Crippen molar-refractivity contribution in [2.45, 2.75) is 31.7 Å². The van der Waals surface area contributed by atoms with Crippen molar-refractivity contribution in [3.05, 3.63) is 72.2 Å². The smallest absolute Gasteiger partial charge is 0.271 e. The highest BCUT2D eigenvalue weighted by molar-refractivity contribution is 5.95. The molecule has 1 aromatic carbocycles. The van der Waals surface area contributed by atoms with Crippen molar-refractivity contribution in [1.82, 2.24) is 29.1 Å². The zero-order valence-corrected chi connectivity index (χ0v) is 20.2. The van der Waals surface area contributed by atoms with Crippen LogP contribution in [0.25, 0.3) is 33.8 Å². The first kappa shape index (κ1) is 21.9. The summed E-state index contributed by atoms with van der Waals surface area (Å²) in [4.78, 5) is 26.9. The molecule has 37 heavy (non-hydrogen) atoms. The van der Waals surface area contributed by atoms with Crippen molar-refractivity contribution in [2.75, 3.05) is 12.3 Å². The number of aromatic nitrogens is 5. The van der Waals surface area contributed by atoms with E-state index in [1.807, 2.05) is 29.7 Å². The fourth-order valence-corrected chi connectivity index (χ4v) is 6.16. The molecule has 5 aromatic rings.